The Labute approximate surface area is 152 Å². The fraction of sp³-hybridized carbons (Fsp3) is 0.294. The number of carbonyl (C=O) groups excluding carboxylic acids is 1. The molecule has 1 aromatic carbocycles. The van der Waals surface area contributed by atoms with Gasteiger partial charge in [0.2, 0.25) is 0 Å². The molecule has 0 aliphatic rings. The maximum atomic E-state index is 13.4. The lowest BCUT2D eigenvalue weighted by molar-refractivity contribution is 0.0747. The molecule has 0 aliphatic heterocycles. The lowest BCUT2D eigenvalue weighted by Crippen LogP contribution is -2.29. The Hall–Kier alpha value is -2.06. The molecule has 2 aromatic heterocycles. The Morgan fingerprint density at radius 1 is 1.12 bits per heavy atom. The maximum Gasteiger partial charge on any atom is 0.264 e. The van der Waals surface area contributed by atoms with Crippen LogP contribution in [-0.4, -0.2) is 36.9 Å². The van der Waals surface area contributed by atoms with Gasteiger partial charge in [-0.15, -0.1) is 11.3 Å². The Kier molecular flexibility index (Phi) is 4.75. The summed E-state index contributed by atoms with van der Waals surface area (Å²) >= 11 is 2.86. The fourth-order valence-corrected chi connectivity index (χ4v) is 4.48. The van der Waals surface area contributed by atoms with Crippen LogP contribution in [0.5, 0.6) is 0 Å². The number of hydrogen-bond acceptors (Lipinski definition) is 5. The van der Waals surface area contributed by atoms with E-state index in [2.05, 4.69) is 4.98 Å². The number of thiazole rings is 1. The molecule has 8 heteroatoms. The molecule has 4 nitrogen and oxygen atoms in total. The van der Waals surface area contributed by atoms with E-state index in [0.29, 0.717) is 10.4 Å². The van der Waals surface area contributed by atoms with Crippen LogP contribution in [0.15, 0.2) is 24.3 Å². The zero-order valence-corrected chi connectivity index (χ0v) is 15.8. The molecule has 25 heavy (non-hydrogen) atoms. The second-order valence-corrected chi connectivity index (χ2v) is 7.98. The Balaban J connectivity index is 1.83. The molecule has 0 fully saturated rings. The first-order valence-corrected chi connectivity index (χ1v) is 9.21. The van der Waals surface area contributed by atoms with Gasteiger partial charge in [0.25, 0.3) is 5.91 Å². The van der Waals surface area contributed by atoms with Crippen LogP contribution in [0.25, 0.3) is 9.53 Å². The molecule has 1 unspecified atom stereocenters. The molecule has 1 atom stereocenters. The average molecular weight is 381 g/mol. The third-order valence-electron chi connectivity index (χ3n) is 4.00. The number of amides is 1. The minimum absolute atomic E-state index is 0.168. The van der Waals surface area contributed by atoms with Crippen LogP contribution in [0.2, 0.25) is 0 Å². The molecule has 0 radical (unpaired) electrons. The maximum absolute atomic E-state index is 13.4. The number of fused-ring (bicyclic) bond motifs is 1. The zero-order valence-electron chi connectivity index (χ0n) is 14.2. The number of aromatic nitrogens is 1. The monoisotopic (exact) mass is 381 g/mol. The standard InChI is InChI=1S/C17H17F2N3OS2/c1-9(10-5-6-11(18)12(19)7-10)22(4)16(23)14-8-13-15(24-14)20-17(25-13)21(2)3/h5-9H,1-4H3. The summed E-state index contributed by atoms with van der Waals surface area (Å²) in [5.74, 6) is -1.98. The average Bonchev–Trinajstić information content (AvgIpc) is 3.14. The van der Waals surface area contributed by atoms with Gasteiger partial charge in [-0.25, -0.2) is 13.8 Å². The zero-order chi connectivity index (χ0) is 18.3. The van der Waals surface area contributed by atoms with E-state index in [-0.39, 0.29) is 11.9 Å². The van der Waals surface area contributed by atoms with Gasteiger partial charge in [0, 0.05) is 21.1 Å². The van der Waals surface area contributed by atoms with E-state index in [1.54, 1.807) is 14.0 Å². The van der Waals surface area contributed by atoms with E-state index in [1.807, 2.05) is 25.1 Å². The van der Waals surface area contributed by atoms with E-state index >= 15 is 0 Å². The van der Waals surface area contributed by atoms with Crippen LogP contribution in [0, 0.1) is 11.6 Å². The summed E-state index contributed by atoms with van der Waals surface area (Å²) in [4.78, 5) is 22.1. The van der Waals surface area contributed by atoms with Crippen molar-refractivity contribution in [2.45, 2.75) is 13.0 Å². The molecule has 0 saturated heterocycles. The number of anilines is 1. The van der Waals surface area contributed by atoms with E-state index in [4.69, 9.17) is 0 Å². The summed E-state index contributed by atoms with van der Waals surface area (Å²) in [5.41, 5.74) is 0.543. The molecule has 0 bridgehead atoms. The lowest BCUT2D eigenvalue weighted by atomic mass is 10.1. The van der Waals surface area contributed by atoms with E-state index in [0.717, 1.165) is 26.8 Å². The molecular weight excluding hydrogens is 364 g/mol. The molecule has 0 saturated carbocycles. The smallest absolute Gasteiger partial charge is 0.264 e. The first-order valence-electron chi connectivity index (χ1n) is 7.57. The molecule has 0 N–H and O–H groups in total. The molecule has 2 heterocycles. The summed E-state index contributed by atoms with van der Waals surface area (Å²) < 4.78 is 27.5. The third-order valence-corrected chi connectivity index (χ3v) is 6.32. The second kappa shape index (κ2) is 6.68. The highest BCUT2D eigenvalue weighted by atomic mass is 32.1. The number of benzene rings is 1. The van der Waals surface area contributed by atoms with Crippen molar-refractivity contribution in [1.82, 2.24) is 9.88 Å². The Bertz CT molecular complexity index is 904. The van der Waals surface area contributed by atoms with Crippen LogP contribution in [0.3, 0.4) is 0 Å². The van der Waals surface area contributed by atoms with Crippen molar-refractivity contribution >= 4 is 43.2 Å². The van der Waals surface area contributed by atoms with E-state index in [9.17, 15) is 13.6 Å². The first kappa shape index (κ1) is 17.8. The highest BCUT2D eigenvalue weighted by Gasteiger charge is 2.23. The molecule has 132 valence electrons. The van der Waals surface area contributed by atoms with Gasteiger partial charge < -0.3 is 9.80 Å². The first-order chi connectivity index (χ1) is 11.8. The van der Waals surface area contributed by atoms with E-state index < -0.39 is 11.6 Å². The van der Waals surface area contributed by atoms with Gasteiger partial charge in [-0.2, -0.15) is 0 Å². The molecule has 3 aromatic rings. The van der Waals surface area contributed by atoms with Gasteiger partial charge in [-0.05, 0) is 30.7 Å². The summed E-state index contributed by atoms with van der Waals surface area (Å²) in [6.07, 6.45) is 0. The van der Waals surface area contributed by atoms with Crippen molar-refractivity contribution in [1.29, 1.82) is 0 Å². The van der Waals surface area contributed by atoms with Crippen LogP contribution in [0.1, 0.15) is 28.2 Å². The number of carbonyl (C=O) groups is 1. The van der Waals surface area contributed by atoms with Gasteiger partial charge in [-0.3, -0.25) is 4.79 Å². The molecule has 1 amide bonds. The van der Waals surface area contributed by atoms with Crippen molar-refractivity contribution in [3.8, 4) is 0 Å². The van der Waals surface area contributed by atoms with Crippen molar-refractivity contribution in [3.63, 3.8) is 0 Å². The van der Waals surface area contributed by atoms with Gasteiger partial charge in [0.1, 0.15) is 4.83 Å². The normalized spacial score (nSPS) is 12.4. The Morgan fingerprint density at radius 3 is 2.44 bits per heavy atom. The van der Waals surface area contributed by atoms with Crippen molar-refractivity contribution in [2.24, 2.45) is 0 Å². The SMILES string of the molecule is CC(c1ccc(F)c(F)c1)N(C)C(=O)c1cc2sc(N(C)C)nc2s1. The van der Waals surface area contributed by atoms with Crippen LogP contribution in [-0.2, 0) is 0 Å². The second-order valence-electron chi connectivity index (χ2n) is 5.94. The largest absolute Gasteiger partial charge is 0.354 e. The minimum atomic E-state index is -0.915. The van der Waals surface area contributed by atoms with E-state index in [1.165, 1.54) is 33.6 Å². The van der Waals surface area contributed by atoms with Crippen LogP contribution < -0.4 is 4.90 Å². The number of halogens is 2. The van der Waals surface area contributed by atoms with Gasteiger partial charge in [0.15, 0.2) is 16.8 Å². The van der Waals surface area contributed by atoms with Crippen LogP contribution in [0.4, 0.5) is 13.9 Å². The quantitative estimate of drug-likeness (QED) is 0.666. The Morgan fingerprint density at radius 2 is 1.84 bits per heavy atom. The van der Waals surface area contributed by atoms with Gasteiger partial charge in [-0.1, -0.05) is 17.4 Å². The summed E-state index contributed by atoms with van der Waals surface area (Å²) in [6.45, 7) is 1.78. The highest BCUT2D eigenvalue weighted by Crippen LogP contribution is 2.35. The highest BCUT2D eigenvalue weighted by molar-refractivity contribution is 7.29. The summed E-state index contributed by atoms with van der Waals surface area (Å²) in [6, 6.07) is 5.15. The minimum Gasteiger partial charge on any atom is -0.354 e. The van der Waals surface area contributed by atoms with Crippen molar-refractivity contribution in [3.05, 3.63) is 46.3 Å². The third kappa shape index (κ3) is 3.36. The van der Waals surface area contributed by atoms with Gasteiger partial charge >= 0.3 is 0 Å². The van der Waals surface area contributed by atoms with Crippen LogP contribution >= 0.6 is 22.7 Å². The molecule has 3 rings (SSSR count). The van der Waals surface area contributed by atoms with Crippen molar-refractivity contribution in [2.75, 3.05) is 26.0 Å². The molecule has 0 spiro atoms. The summed E-state index contributed by atoms with van der Waals surface area (Å²) in [7, 11) is 5.50. The predicted octanol–water partition coefficient (Wildman–Crippen LogP) is 4.54. The van der Waals surface area contributed by atoms with Gasteiger partial charge in [0.05, 0.1) is 15.6 Å². The molecule has 0 aliphatic carbocycles. The number of hydrogen-bond donors (Lipinski definition) is 0. The topological polar surface area (TPSA) is 36.4 Å². The predicted molar refractivity (Wildman–Crippen MR) is 98.7 cm³/mol. The fourth-order valence-electron chi connectivity index (χ4n) is 2.37. The summed E-state index contributed by atoms with van der Waals surface area (Å²) in [5, 5.41) is 0.892. The van der Waals surface area contributed by atoms with Crippen molar-refractivity contribution < 1.29 is 13.6 Å². The lowest BCUT2D eigenvalue weighted by Gasteiger charge is -2.25. The number of rotatable bonds is 4. The number of nitrogens with zero attached hydrogens (tertiary/aromatic N) is 3. The molecular formula is C17H17F2N3OS2. The number of thiophene rings is 1.